The molecule has 0 spiro atoms. The summed E-state index contributed by atoms with van der Waals surface area (Å²) < 4.78 is 6.82. The zero-order valence-corrected chi connectivity index (χ0v) is 14.3. The molecule has 3 rings (SSSR count). The highest BCUT2D eigenvalue weighted by atomic mass is 16.5. The Balaban J connectivity index is 1.92. The van der Waals surface area contributed by atoms with Crippen LogP contribution in [0.4, 0.5) is 0 Å². The van der Waals surface area contributed by atoms with Gasteiger partial charge in [0.05, 0.1) is 11.4 Å². The highest BCUT2D eigenvalue weighted by Crippen LogP contribution is 2.33. The summed E-state index contributed by atoms with van der Waals surface area (Å²) in [5, 5.41) is 5.53. The van der Waals surface area contributed by atoms with Crippen LogP contribution in [0, 0.1) is 6.92 Å². The van der Waals surface area contributed by atoms with Crippen LogP contribution in [-0.2, 0) is 22.0 Å². The molecule has 2 aromatic rings. The van der Waals surface area contributed by atoms with Crippen LogP contribution in [-0.4, -0.2) is 52.4 Å². The second-order valence-electron chi connectivity index (χ2n) is 6.69. The first-order valence-corrected chi connectivity index (χ1v) is 8.02. The number of carbonyl (C=O) groups is 1. The average molecular weight is 316 g/mol. The lowest BCUT2D eigenvalue weighted by atomic mass is 9.78. The summed E-state index contributed by atoms with van der Waals surface area (Å²) in [7, 11) is 3.48. The van der Waals surface area contributed by atoms with E-state index in [2.05, 4.69) is 24.2 Å². The fourth-order valence-corrected chi connectivity index (χ4v) is 3.52. The van der Waals surface area contributed by atoms with E-state index in [1.165, 1.54) is 0 Å². The summed E-state index contributed by atoms with van der Waals surface area (Å²) in [6.45, 7) is 5.81. The molecule has 0 aliphatic carbocycles. The quantitative estimate of drug-likeness (QED) is 0.866. The molecule has 3 heterocycles. The topological polar surface area (TPSA) is 60.2 Å². The van der Waals surface area contributed by atoms with E-state index < -0.39 is 0 Å². The molecule has 1 fully saturated rings. The SMILES string of the molecule is COCC(=O)N1CCC[C@@](C)(c2ccc3c(C)nn(C)c3n2)C1. The molecule has 1 amide bonds. The van der Waals surface area contributed by atoms with Crippen molar-refractivity contribution in [3.63, 3.8) is 0 Å². The number of amides is 1. The zero-order chi connectivity index (χ0) is 16.6. The highest BCUT2D eigenvalue weighted by molar-refractivity contribution is 5.79. The lowest BCUT2D eigenvalue weighted by molar-refractivity contribution is -0.137. The Morgan fingerprint density at radius 1 is 1.43 bits per heavy atom. The van der Waals surface area contributed by atoms with Crippen molar-refractivity contribution < 1.29 is 9.53 Å². The normalized spacial score (nSPS) is 21.8. The first-order chi connectivity index (χ1) is 10.9. The maximum absolute atomic E-state index is 12.2. The number of ether oxygens (including phenoxy) is 1. The molecule has 1 aliphatic heterocycles. The number of aromatic nitrogens is 3. The smallest absolute Gasteiger partial charge is 0.248 e. The molecule has 6 nitrogen and oxygen atoms in total. The molecular formula is C17H24N4O2. The van der Waals surface area contributed by atoms with E-state index in [4.69, 9.17) is 9.72 Å². The number of pyridine rings is 1. The van der Waals surface area contributed by atoms with E-state index in [1.807, 2.05) is 23.6 Å². The van der Waals surface area contributed by atoms with E-state index in [-0.39, 0.29) is 17.9 Å². The second kappa shape index (κ2) is 5.92. The molecule has 23 heavy (non-hydrogen) atoms. The molecule has 0 saturated carbocycles. The molecule has 0 radical (unpaired) electrons. The van der Waals surface area contributed by atoms with Crippen LogP contribution < -0.4 is 0 Å². The third-order valence-corrected chi connectivity index (χ3v) is 4.81. The van der Waals surface area contributed by atoms with Crippen LogP contribution in [0.5, 0.6) is 0 Å². The summed E-state index contributed by atoms with van der Waals surface area (Å²) >= 11 is 0. The average Bonchev–Trinajstić information content (AvgIpc) is 2.82. The van der Waals surface area contributed by atoms with Crippen molar-refractivity contribution in [1.82, 2.24) is 19.7 Å². The molecular weight excluding hydrogens is 292 g/mol. The number of aryl methyl sites for hydroxylation is 2. The van der Waals surface area contributed by atoms with Crippen LogP contribution >= 0.6 is 0 Å². The van der Waals surface area contributed by atoms with Crippen molar-refractivity contribution in [3.05, 3.63) is 23.5 Å². The van der Waals surface area contributed by atoms with Crippen LogP contribution in [0.3, 0.4) is 0 Å². The van der Waals surface area contributed by atoms with Crippen molar-refractivity contribution in [2.75, 3.05) is 26.8 Å². The second-order valence-corrected chi connectivity index (χ2v) is 6.69. The van der Waals surface area contributed by atoms with Gasteiger partial charge in [-0.05, 0) is 31.9 Å². The number of hydrogen-bond acceptors (Lipinski definition) is 4. The Bertz CT molecular complexity index is 740. The van der Waals surface area contributed by atoms with Crippen LogP contribution in [0.1, 0.15) is 31.2 Å². The van der Waals surface area contributed by atoms with Gasteiger partial charge in [0, 0.05) is 38.0 Å². The fraction of sp³-hybridized carbons (Fsp3) is 0.588. The van der Waals surface area contributed by atoms with Crippen molar-refractivity contribution >= 4 is 16.9 Å². The van der Waals surface area contributed by atoms with Gasteiger partial charge in [-0.2, -0.15) is 5.10 Å². The van der Waals surface area contributed by atoms with E-state index >= 15 is 0 Å². The molecule has 0 bridgehead atoms. The summed E-state index contributed by atoms with van der Waals surface area (Å²) in [6.07, 6.45) is 2.01. The Morgan fingerprint density at radius 2 is 2.22 bits per heavy atom. The van der Waals surface area contributed by atoms with Gasteiger partial charge in [0.15, 0.2) is 5.65 Å². The third-order valence-electron chi connectivity index (χ3n) is 4.81. The van der Waals surface area contributed by atoms with Gasteiger partial charge in [0.2, 0.25) is 5.91 Å². The molecule has 0 aromatic carbocycles. The van der Waals surface area contributed by atoms with E-state index in [1.54, 1.807) is 7.11 Å². The number of methoxy groups -OCH3 is 1. The minimum Gasteiger partial charge on any atom is -0.375 e. The van der Waals surface area contributed by atoms with Crippen LogP contribution in [0.25, 0.3) is 11.0 Å². The predicted octanol–water partition coefficient (Wildman–Crippen LogP) is 1.80. The van der Waals surface area contributed by atoms with Gasteiger partial charge in [-0.1, -0.05) is 6.92 Å². The Kier molecular flexibility index (Phi) is 4.10. The van der Waals surface area contributed by atoms with E-state index in [0.717, 1.165) is 41.8 Å². The molecule has 2 aromatic heterocycles. The largest absolute Gasteiger partial charge is 0.375 e. The molecule has 1 atom stereocenters. The number of hydrogen-bond donors (Lipinski definition) is 0. The molecule has 6 heteroatoms. The minimum atomic E-state index is -0.131. The maximum atomic E-state index is 12.2. The van der Waals surface area contributed by atoms with Gasteiger partial charge in [-0.3, -0.25) is 9.48 Å². The van der Waals surface area contributed by atoms with Gasteiger partial charge in [0.25, 0.3) is 0 Å². The summed E-state index contributed by atoms with van der Waals surface area (Å²) in [6, 6.07) is 4.18. The summed E-state index contributed by atoms with van der Waals surface area (Å²) in [4.78, 5) is 18.9. The van der Waals surface area contributed by atoms with Crippen molar-refractivity contribution in [2.45, 2.75) is 32.1 Å². The van der Waals surface area contributed by atoms with Gasteiger partial charge in [0.1, 0.15) is 6.61 Å². The molecule has 124 valence electrons. The molecule has 1 aliphatic rings. The van der Waals surface area contributed by atoms with Gasteiger partial charge >= 0.3 is 0 Å². The zero-order valence-electron chi connectivity index (χ0n) is 14.3. The standard InChI is InChI=1S/C17H24N4O2/c1-12-13-6-7-14(18-16(13)20(3)19-12)17(2)8-5-9-21(11-17)15(22)10-23-4/h6-7H,5,8-11H2,1-4H3/t17-/m1/s1. The highest BCUT2D eigenvalue weighted by Gasteiger charge is 2.36. The van der Waals surface area contributed by atoms with Gasteiger partial charge in [-0.25, -0.2) is 4.98 Å². The van der Waals surface area contributed by atoms with Crippen molar-refractivity contribution in [2.24, 2.45) is 7.05 Å². The molecule has 0 unspecified atom stereocenters. The first kappa shape index (κ1) is 15.9. The third kappa shape index (κ3) is 2.83. The minimum absolute atomic E-state index is 0.0517. The van der Waals surface area contributed by atoms with Crippen molar-refractivity contribution in [1.29, 1.82) is 0 Å². The summed E-state index contributed by atoms with van der Waals surface area (Å²) in [5.41, 5.74) is 2.80. The Hall–Kier alpha value is -1.95. The van der Waals surface area contributed by atoms with Crippen molar-refractivity contribution in [3.8, 4) is 0 Å². The number of carbonyl (C=O) groups excluding carboxylic acids is 1. The lowest BCUT2D eigenvalue weighted by Gasteiger charge is -2.40. The number of piperidine rings is 1. The van der Waals surface area contributed by atoms with Gasteiger partial charge in [-0.15, -0.1) is 0 Å². The Labute approximate surface area is 136 Å². The summed E-state index contributed by atoms with van der Waals surface area (Å²) in [5.74, 6) is 0.0517. The number of nitrogens with zero attached hydrogens (tertiary/aromatic N) is 4. The van der Waals surface area contributed by atoms with E-state index in [9.17, 15) is 4.79 Å². The van der Waals surface area contributed by atoms with Crippen LogP contribution in [0.2, 0.25) is 0 Å². The lowest BCUT2D eigenvalue weighted by Crippen LogP contribution is -2.48. The molecule has 1 saturated heterocycles. The van der Waals surface area contributed by atoms with E-state index in [0.29, 0.717) is 6.54 Å². The fourth-order valence-electron chi connectivity index (χ4n) is 3.52. The monoisotopic (exact) mass is 316 g/mol. The van der Waals surface area contributed by atoms with Crippen LogP contribution in [0.15, 0.2) is 12.1 Å². The van der Waals surface area contributed by atoms with Gasteiger partial charge < -0.3 is 9.64 Å². The molecule has 0 N–H and O–H groups in total. The number of likely N-dealkylation sites (tertiary alicyclic amines) is 1. The predicted molar refractivity (Wildman–Crippen MR) is 88.3 cm³/mol. The first-order valence-electron chi connectivity index (χ1n) is 8.02. The Morgan fingerprint density at radius 3 is 2.96 bits per heavy atom. The number of fused-ring (bicyclic) bond motifs is 1. The number of rotatable bonds is 3. The maximum Gasteiger partial charge on any atom is 0.248 e.